The Balaban J connectivity index is 1.39. The number of aromatic nitrogens is 1. The largest absolute Gasteiger partial charge is 0.373 e. The molecular weight excluding hydrogens is 388 g/mol. The Morgan fingerprint density at radius 1 is 1.07 bits per heavy atom. The lowest BCUT2D eigenvalue weighted by Gasteiger charge is -2.31. The van der Waals surface area contributed by atoms with Gasteiger partial charge >= 0.3 is 0 Å². The molecule has 2 atom stereocenters. The van der Waals surface area contributed by atoms with Gasteiger partial charge in [-0.25, -0.2) is 13.4 Å². The van der Waals surface area contributed by atoms with E-state index in [-0.39, 0.29) is 17.0 Å². The second-order valence-electron chi connectivity index (χ2n) is 7.72. The quantitative estimate of drug-likeness (QED) is 0.807. The summed E-state index contributed by atoms with van der Waals surface area (Å²) in [6.07, 6.45) is 3.28. The number of pyridine rings is 1. The molecule has 2 aromatic rings. The molecule has 2 fully saturated rings. The Morgan fingerprint density at radius 3 is 2.52 bits per heavy atom. The van der Waals surface area contributed by atoms with Gasteiger partial charge in [0.15, 0.2) is 0 Å². The molecule has 4 rings (SSSR count). The first kappa shape index (κ1) is 20.3. The maximum atomic E-state index is 12.8. The molecule has 7 nitrogen and oxygen atoms in total. The van der Waals surface area contributed by atoms with E-state index in [4.69, 9.17) is 4.74 Å². The van der Waals surface area contributed by atoms with Gasteiger partial charge in [-0.05, 0) is 37.6 Å². The zero-order valence-corrected chi connectivity index (χ0v) is 17.5. The van der Waals surface area contributed by atoms with Crippen LogP contribution in [0.1, 0.15) is 24.5 Å². The lowest BCUT2D eigenvalue weighted by Crippen LogP contribution is -2.47. The molecule has 156 valence electrons. The second kappa shape index (κ2) is 8.79. The van der Waals surface area contributed by atoms with Gasteiger partial charge in [0, 0.05) is 45.0 Å². The van der Waals surface area contributed by atoms with E-state index >= 15 is 0 Å². The molecule has 0 saturated carbocycles. The highest BCUT2D eigenvalue weighted by Gasteiger charge is 2.28. The van der Waals surface area contributed by atoms with Gasteiger partial charge in [-0.2, -0.15) is 4.31 Å². The average molecular weight is 417 g/mol. The Kier molecular flexibility index (Phi) is 6.15. The van der Waals surface area contributed by atoms with Crippen molar-refractivity contribution in [3.05, 3.63) is 54.2 Å². The van der Waals surface area contributed by atoms with E-state index in [2.05, 4.69) is 27.3 Å². The van der Waals surface area contributed by atoms with Crippen molar-refractivity contribution in [1.82, 2.24) is 14.2 Å². The summed E-state index contributed by atoms with van der Waals surface area (Å²) in [5.74, 6) is 0.695. The molecule has 0 spiro atoms. The van der Waals surface area contributed by atoms with E-state index in [0.29, 0.717) is 25.5 Å². The molecule has 3 heterocycles. The number of benzene rings is 1. The van der Waals surface area contributed by atoms with Crippen molar-refractivity contribution < 1.29 is 13.2 Å². The molecule has 1 aromatic heterocycles. The number of hydrogen-bond donors (Lipinski definition) is 1. The number of ether oxygens (including phenoxy) is 1. The highest BCUT2D eigenvalue weighted by molar-refractivity contribution is 7.89. The second-order valence-corrected chi connectivity index (χ2v) is 9.66. The van der Waals surface area contributed by atoms with E-state index in [1.54, 1.807) is 16.4 Å². The predicted octanol–water partition coefficient (Wildman–Crippen LogP) is 2.35. The van der Waals surface area contributed by atoms with Crippen molar-refractivity contribution in [3.63, 3.8) is 0 Å². The molecule has 29 heavy (non-hydrogen) atoms. The Labute approximate surface area is 172 Å². The zero-order valence-electron chi connectivity index (χ0n) is 16.7. The number of nitrogens with one attached hydrogen (secondary N) is 1. The van der Waals surface area contributed by atoms with E-state index in [1.165, 1.54) is 11.8 Å². The lowest BCUT2D eigenvalue weighted by molar-refractivity contribution is 0.00974. The van der Waals surface area contributed by atoms with Gasteiger partial charge in [0.05, 0.1) is 6.10 Å². The molecule has 1 N–H and O–H groups in total. The van der Waals surface area contributed by atoms with Crippen molar-refractivity contribution in [2.75, 3.05) is 45.2 Å². The summed E-state index contributed by atoms with van der Waals surface area (Å²) in [5.41, 5.74) is 1.18. The van der Waals surface area contributed by atoms with Crippen LogP contribution in [0.15, 0.2) is 53.6 Å². The number of hydrogen-bond acceptors (Lipinski definition) is 6. The van der Waals surface area contributed by atoms with Crippen LogP contribution in [0.5, 0.6) is 0 Å². The number of anilines is 1. The molecule has 0 amide bonds. The Bertz CT molecular complexity index is 897. The van der Waals surface area contributed by atoms with Crippen LogP contribution < -0.4 is 5.32 Å². The summed E-state index contributed by atoms with van der Waals surface area (Å²) in [6, 6.07) is 13.9. The zero-order chi connectivity index (χ0) is 20.3. The third-order valence-electron chi connectivity index (χ3n) is 5.64. The fourth-order valence-corrected chi connectivity index (χ4v) is 5.20. The standard InChI is InChI=1S/C21H28N4O3S/c1-24-10-12-25(13-11-24)29(26,27)19-7-8-21(22-16-19)23-18-9-14-28-20(15-18)17-5-3-2-4-6-17/h2-8,16,18,20H,9-15H2,1H3,(H,22,23). The minimum atomic E-state index is -3.48. The molecule has 2 saturated heterocycles. The maximum Gasteiger partial charge on any atom is 0.244 e. The highest BCUT2D eigenvalue weighted by atomic mass is 32.2. The molecular formula is C21H28N4O3S. The topological polar surface area (TPSA) is 74.8 Å². The molecule has 0 bridgehead atoms. The van der Waals surface area contributed by atoms with Crippen LogP contribution in [0.4, 0.5) is 5.82 Å². The molecule has 1 aromatic carbocycles. The normalized spacial score (nSPS) is 24.3. The van der Waals surface area contributed by atoms with Crippen LogP contribution >= 0.6 is 0 Å². The summed E-state index contributed by atoms with van der Waals surface area (Å²) in [5, 5.41) is 3.44. The van der Waals surface area contributed by atoms with Crippen molar-refractivity contribution in [2.45, 2.75) is 29.9 Å². The third-order valence-corrected chi connectivity index (χ3v) is 7.53. The molecule has 0 radical (unpaired) electrons. The van der Waals surface area contributed by atoms with Crippen molar-refractivity contribution in [2.24, 2.45) is 0 Å². The summed E-state index contributed by atoms with van der Waals surface area (Å²) in [6.45, 7) is 3.22. The van der Waals surface area contributed by atoms with Crippen molar-refractivity contribution >= 4 is 15.8 Å². The molecule has 2 unspecified atom stereocenters. The van der Waals surface area contributed by atoms with Crippen LogP contribution in [0.2, 0.25) is 0 Å². The number of sulfonamides is 1. The van der Waals surface area contributed by atoms with Crippen LogP contribution in [-0.4, -0.2) is 68.5 Å². The summed E-state index contributed by atoms with van der Waals surface area (Å²) >= 11 is 0. The van der Waals surface area contributed by atoms with E-state index in [9.17, 15) is 8.42 Å². The van der Waals surface area contributed by atoms with Gasteiger partial charge in [0.1, 0.15) is 10.7 Å². The van der Waals surface area contributed by atoms with Gasteiger partial charge in [0.25, 0.3) is 0 Å². The van der Waals surface area contributed by atoms with Crippen molar-refractivity contribution in [1.29, 1.82) is 0 Å². The summed E-state index contributed by atoms with van der Waals surface area (Å²) in [4.78, 5) is 6.76. The van der Waals surface area contributed by atoms with Crippen LogP contribution in [-0.2, 0) is 14.8 Å². The first-order chi connectivity index (χ1) is 14.0. The SMILES string of the molecule is CN1CCN(S(=O)(=O)c2ccc(NC3CCOC(c4ccccc4)C3)nc2)CC1. The molecule has 2 aliphatic rings. The number of nitrogens with zero attached hydrogens (tertiary/aromatic N) is 3. The van der Waals surface area contributed by atoms with Gasteiger partial charge < -0.3 is 15.0 Å². The van der Waals surface area contributed by atoms with Crippen LogP contribution in [0.25, 0.3) is 0 Å². The van der Waals surface area contributed by atoms with Gasteiger partial charge in [-0.15, -0.1) is 0 Å². The maximum absolute atomic E-state index is 12.8. The third kappa shape index (κ3) is 4.78. The predicted molar refractivity (Wildman–Crippen MR) is 112 cm³/mol. The number of likely N-dealkylation sites (N-methyl/N-ethyl adjacent to an activating group) is 1. The van der Waals surface area contributed by atoms with E-state index < -0.39 is 10.0 Å². The Morgan fingerprint density at radius 2 is 1.83 bits per heavy atom. The number of rotatable bonds is 5. The molecule has 0 aliphatic carbocycles. The van der Waals surface area contributed by atoms with Crippen LogP contribution in [0, 0.1) is 0 Å². The summed E-state index contributed by atoms with van der Waals surface area (Å²) in [7, 11) is -1.48. The molecule has 2 aliphatic heterocycles. The van der Waals surface area contributed by atoms with Gasteiger partial charge in [0.2, 0.25) is 10.0 Å². The minimum absolute atomic E-state index is 0.0688. The monoisotopic (exact) mass is 416 g/mol. The molecule has 8 heteroatoms. The van der Waals surface area contributed by atoms with E-state index in [0.717, 1.165) is 25.9 Å². The van der Waals surface area contributed by atoms with Gasteiger partial charge in [-0.1, -0.05) is 30.3 Å². The fraction of sp³-hybridized carbons (Fsp3) is 0.476. The summed E-state index contributed by atoms with van der Waals surface area (Å²) < 4.78 is 33.1. The van der Waals surface area contributed by atoms with Crippen molar-refractivity contribution in [3.8, 4) is 0 Å². The first-order valence-corrected chi connectivity index (χ1v) is 11.5. The van der Waals surface area contributed by atoms with Crippen LogP contribution in [0.3, 0.4) is 0 Å². The smallest absolute Gasteiger partial charge is 0.244 e. The fourth-order valence-electron chi connectivity index (χ4n) is 3.83. The van der Waals surface area contributed by atoms with Gasteiger partial charge in [-0.3, -0.25) is 0 Å². The van der Waals surface area contributed by atoms with E-state index in [1.807, 2.05) is 25.2 Å². The number of piperazine rings is 1. The Hall–Kier alpha value is -2.00. The average Bonchev–Trinajstić information content (AvgIpc) is 2.75. The highest BCUT2D eigenvalue weighted by Crippen LogP contribution is 2.29. The first-order valence-electron chi connectivity index (χ1n) is 10.1. The minimum Gasteiger partial charge on any atom is -0.373 e. The lowest BCUT2D eigenvalue weighted by atomic mass is 9.97.